The largest absolute Gasteiger partial charge is 0.493 e. The van der Waals surface area contributed by atoms with Crippen LogP contribution in [0.3, 0.4) is 0 Å². The van der Waals surface area contributed by atoms with E-state index in [1.165, 1.54) is 46.2 Å². The maximum Gasteiger partial charge on any atom is 0.240 e. The Kier molecular flexibility index (Phi) is 5.22. The van der Waals surface area contributed by atoms with E-state index in [0.717, 1.165) is 0 Å². The fourth-order valence-corrected chi connectivity index (χ4v) is 3.59. The first-order valence-corrected chi connectivity index (χ1v) is 7.89. The van der Waals surface area contributed by atoms with Crippen molar-refractivity contribution in [2.24, 2.45) is 0 Å². The van der Waals surface area contributed by atoms with Gasteiger partial charge < -0.3 is 14.4 Å². The summed E-state index contributed by atoms with van der Waals surface area (Å²) in [4.78, 5) is 13.3. The molecule has 0 saturated carbocycles. The quantitative estimate of drug-likeness (QED) is 0.818. The molecule has 1 amide bonds. The molecule has 0 aromatic heterocycles. The molecule has 21 heavy (non-hydrogen) atoms. The second-order valence-corrected chi connectivity index (χ2v) is 7.13. The third kappa shape index (κ3) is 3.29. The van der Waals surface area contributed by atoms with Gasteiger partial charge in [0.1, 0.15) is 5.25 Å². The molecule has 1 aromatic rings. The van der Waals surface area contributed by atoms with Gasteiger partial charge in [-0.05, 0) is 25.5 Å². The van der Waals surface area contributed by atoms with Gasteiger partial charge in [-0.1, -0.05) is 0 Å². The summed E-state index contributed by atoms with van der Waals surface area (Å²) < 4.78 is 35.5. The number of hydrogen-bond acceptors (Lipinski definition) is 5. The van der Waals surface area contributed by atoms with Gasteiger partial charge in [0.2, 0.25) is 5.91 Å². The lowest BCUT2D eigenvalue weighted by Crippen LogP contribution is -2.37. The number of ether oxygens (including phenoxy) is 2. The van der Waals surface area contributed by atoms with Crippen molar-refractivity contribution in [3.8, 4) is 11.5 Å². The van der Waals surface area contributed by atoms with Gasteiger partial charge in [0.25, 0.3) is 0 Å². The highest BCUT2D eigenvalue weighted by Crippen LogP contribution is 2.33. The molecular weight excluding hydrogens is 294 g/mol. The van der Waals surface area contributed by atoms with Gasteiger partial charge in [-0.25, -0.2) is 8.42 Å². The van der Waals surface area contributed by atoms with Crippen LogP contribution in [-0.4, -0.2) is 52.8 Å². The highest BCUT2D eigenvalue weighted by molar-refractivity contribution is 7.92. The maximum absolute atomic E-state index is 12.6. The van der Waals surface area contributed by atoms with Crippen molar-refractivity contribution in [1.82, 2.24) is 4.90 Å². The van der Waals surface area contributed by atoms with E-state index in [4.69, 9.17) is 9.47 Å². The third-order valence-electron chi connectivity index (χ3n) is 3.24. The molecule has 0 spiro atoms. The average molecular weight is 315 g/mol. The minimum absolute atomic E-state index is 0.0721. The number of benzene rings is 1. The molecule has 0 bridgehead atoms. The van der Waals surface area contributed by atoms with E-state index < -0.39 is 21.0 Å². The number of methoxy groups -OCH3 is 2. The Bertz CT molecular complexity index is 637. The van der Waals surface area contributed by atoms with Crippen LogP contribution in [0.1, 0.15) is 12.5 Å². The Hall–Kier alpha value is -1.76. The van der Waals surface area contributed by atoms with Gasteiger partial charge in [-0.15, -0.1) is 0 Å². The van der Waals surface area contributed by atoms with Gasteiger partial charge in [0.05, 0.1) is 19.1 Å². The standard InChI is InChI=1S/C14H21NO5S/c1-9-7-11(19-5)12(20-6)8-13(9)21(17,18)10(2)14(16)15(3)4/h7-8,10H,1-6H3/t10-/m0/s1. The van der Waals surface area contributed by atoms with Crippen molar-refractivity contribution in [2.75, 3.05) is 28.3 Å². The maximum atomic E-state index is 12.6. The molecular formula is C14H21NO5S. The average Bonchev–Trinajstić information content (AvgIpc) is 2.44. The van der Waals surface area contributed by atoms with Gasteiger partial charge >= 0.3 is 0 Å². The summed E-state index contributed by atoms with van der Waals surface area (Å²) in [5, 5.41) is -1.16. The third-order valence-corrected chi connectivity index (χ3v) is 5.43. The molecule has 0 radical (unpaired) electrons. The summed E-state index contributed by atoms with van der Waals surface area (Å²) in [6.07, 6.45) is 0. The number of rotatable bonds is 5. The Morgan fingerprint density at radius 3 is 2.05 bits per heavy atom. The molecule has 0 fully saturated rings. The molecule has 0 aliphatic heterocycles. The van der Waals surface area contributed by atoms with Gasteiger partial charge in [-0.3, -0.25) is 4.79 Å². The van der Waals surface area contributed by atoms with Crippen LogP contribution in [-0.2, 0) is 14.6 Å². The second-order valence-electron chi connectivity index (χ2n) is 4.89. The number of amides is 1. The summed E-state index contributed by atoms with van der Waals surface area (Å²) >= 11 is 0. The molecule has 0 heterocycles. The van der Waals surface area contributed by atoms with Crippen LogP contribution < -0.4 is 9.47 Å². The predicted molar refractivity (Wildman–Crippen MR) is 79.6 cm³/mol. The van der Waals surface area contributed by atoms with E-state index in [0.29, 0.717) is 17.1 Å². The number of aryl methyl sites for hydroxylation is 1. The second kappa shape index (κ2) is 6.34. The van der Waals surface area contributed by atoms with Crippen LogP contribution >= 0.6 is 0 Å². The van der Waals surface area contributed by atoms with E-state index in [1.54, 1.807) is 13.0 Å². The van der Waals surface area contributed by atoms with Crippen LogP contribution in [0.2, 0.25) is 0 Å². The first-order valence-electron chi connectivity index (χ1n) is 6.34. The van der Waals surface area contributed by atoms with E-state index >= 15 is 0 Å². The minimum Gasteiger partial charge on any atom is -0.493 e. The van der Waals surface area contributed by atoms with E-state index in [2.05, 4.69) is 0 Å². The molecule has 7 heteroatoms. The zero-order chi connectivity index (χ0) is 16.4. The lowest BCUT2D eigenvalue weighted by Gasteiger charge is -2.19. The van der Waals surface area contributed by atoms with Crippen molar-refractivity contribution in [3.63, 3.8) is 0 Å². The Labute approximate surface area is 125 Å². The fraction of sp³-hybridized carbons (Fsp3) is 0.500. The first-order chi connectivity index (χ1) is 9.66. The lowest BCUT2D eigenvalue weighted by atomic mass is 10.2. The van der Waals surface area contributed by atoms with E-state index in [-0.39, 0.29) is 4.90 Å². The predicted octanol–water partition coefficient (Wildman–Crippen LogP) is 1.26. The van der Waals surface area contributed by atoms with Crippen LogP contribution in [0.5, 0.6) is 11.5 Å². The molecule has 0 N–H and O–H groups in total. The SMILES string of the molecule is COc1cc(C)c(S(=O)(=O)[C@@H](C)C(=O)N(C)C)cc1OC. The summed E-state index contributed by atoms with van der Waals surface area (Å²) in [6.45, 7) is 3.04. The highest BCUT2D eigenvalue weighted by Gasteiger charge is 2.32. The van der Waals surface area contributed by atoms with E-state index in [1.807, 2.05) is 0 Å². The fourth-order valence-electron chi connectivity index (χ4n) is 1.96. The smallest absolute Gasteiger partial charge is 0.240 e. The lowest BCUT2D eigenvalue weighted by molar-refractivity contribution is -0.127. The van der Waals surface area contributed by atoms with Crippen molar-refractivity contribution >= 4 is 15.7 Å². The summed E-state index contributed by atoms with van der Waals surface area (Å²) in [5.41, 5.74) is 0.506. The van der Waals surface area contributed by atoms with Crippen LogP contribution in [0.25, 0.3) is 0 Å². The molecule has 0 aliphatic carbocycles. The first kappa shape index (κ1) is 17.3. The topological polar surface area (TPSA) is 72.9 Å². The van der Waals surface area contributed by atoms with Gasteiger partial charge in [-0.2, -0.15) is 0 Å². The van der Waals surface area contributed by atoms with Crippen molar-refractivity contribution < 1.29 is 22.7 Å². The van der Waals surface area contributed by atoms with Crippen molar-refractivity contribution in [3.05, 3.63) is 17.7 Å². The molecule has 0 aliphatic rings. The number of hydrogen-bond donors (Lipinski definition) is 0. The van der Waals surface area contributed by atoms with Gasteiger partial charge in [0.15, 0.2) is 21.3 Å². The van der Waals surface area contributed by atoms with E-state index in [9.17, 15) is 13.2 Å². The van der Waals surface area contributed by atoms with Crippen molar-refractivity contribution in [2.45, 2.75) is 24.0 Å². The number of carbonyl (C=O) groups excluding carboxylic acids is 1. The Morgan fingerprint density at radius 2 is 1.62 bits per heavy atom. The molecule has 0 unspecified atom stereocenters. The monoisotopic (exact) mass is 315 g/mol. The summed E-state index contributed by atoms with van der Waals surface area (Å²) in [6, 6.07) is 2.97. The normalized spacial score (nSPS) is 12.7. The Morgan fingerprint density at radius 1 is 1.14 bits per heavy atom. The van der Waals surface area contributed by atoms with Crippen LogP contribution in [0.4, 0.5) is 0 Å². The number of sulfone groups is 1. The zero-order valence-electron chi connectivity index (χ0n) is 13.1. The zero-order valence-corrected chi connectivity index (χ0v) is 13.9. The number of nitrogens with zero attached hydrogens (tertiary/aromatic N) is 1. The van der Waals surface area contributed by atoms with Crippen LogP contribution in [0, 0.1) is 6.92 Å². The minimum atomic E-state index is -3.80. The molecule has 1 atom stereocenters. The molecule has 0 saturated heterocycles. The number of carbonyl (C=O) groups is 1. The van der Waals surface area contributed by atoms with Crippen LogP contribution in [0.15, 0.2) is 17.0 Å². The molecule has 6 nitrogen and oxygen atoms in total. The molecule has 1 aromatic carbocycles. The van der Waals surface area contributed by atoms with Crippen molar-refractivity contribution in [1.29, 1.82) is 0 Å². The van der Waals surface area contributed by atoms with Gasteiger partial charge in [0, 0.05) is 20.2 Å². The highest BCUT2D eigenvalue weighted by atomic mass is 32.2. The Balaban J connectivity index is 3.42. The molecule has 1 rings (SSSR count). The molecule has 118 valence electrons. The summed E-state index contributed by atoms with van der Waals surface area (Å²) in [7, 11) is 2.15. The summed E-state index contributed by atoms with van der Waals surface area (Å²) in [5.74, 6) is 0.288.